The summed E-state index contributed by atoms with van der Waals surface area (Å²) in [5.41, 5.74) is 4.04. The number of aromatic nitrogens is 1. The van der Waals surface area contributed by atoms with Crippen molar-refractivity contribution in [3.8, 4) is 11.6 Å². The third kappa shape index (κ3) is 5.31. The molecule has 2 aromatic carbocycles. The third-order valence-electron chi connectivity index (χ3n) is 6.44. The number of benzene rings is 2. The number of rotatable bonds is 7. The summed E-state index contributed by atoms with van der Waals surface area (Å²) in [6.07, 6.45) is 5.11. The highest BCUT2D eigenvalue weighted by atomic mass is 16.5. The van der Waals surface area contributed by atoms with Crippen LogP contribution in [0.25, 0.3) is 5.57 Å². The van der Waals surface area contributed by atoms with Gasteiger partial charge in [-0.1, -0.05) is 35.9 Å². The molecule has 2 heterocycles. The number of anilines is 1. The van der Waals surface area contributed by atoms with Crippen molar-refractivity contribution in [3.05, 3.63) is 89.6 Å². The van der Waals surface area contributed by atoms with Gasteiger partial charge in [-0.3, -0.25) is 4.79 Å². The number of ether oxygens (including phenoxy) is 2. The van der Waals surface area contributed by atoms with Crippen LogP contribution >= 0.6 is 0 Å². The number of esters is 1. The summed E-state index contributed by atoms with van der Waals surface area (Å²) in [6, 6.07) is 21.0. The highest BCUT2D eigenvalue weighted by Crippen LogP contribution is 2.37. The molecule has 1 amide bonds. The fraction of sp³-hybridized carbons (Fsp3) is 0.276. The third-order valence-corrected chi connectivity index (χ3v) is 6.44. The van der Waals surface area contributed by atoms with Crippen LogP contribution in [0, 0.1) is 0 Å². The van der Waals surface area contributed by atoms with Crippen LogP contribution in [-0.2, 0) is 9.53 Å². The molecular weight excluding hydrogens is 454 g/mol. The standard InChI is InChI=1S/C29H29N3O4/c1-35-29(34)22-10-13-26(31-19-22)36-25-9-5-6-21(18-25)27(20-14-16-30-17-15-20)28(33)32(24-11-12-24)23-7-3-2-4-8-23/h2-10,13,18-19,24,30H,11-12,14-17H2,1H3. The average molecular weight is 484 g/mol. The maximum atomic E-state index is 14.2. The second-order valence-electron chi connectivity index (χ2n) is 8.98. The van der Waals surface area contributed by atoms with Crippen molar-refractivity contribution in [2.24, 2.45) is 0 Å². The van der Waals surface area contributed by atoms with E-state index in [0.717, 1.165) is 61.2 Å². The smallest absolute Gasteiger partial charge is 0.339 e. The average Bonchev–Trinajstić information content (AvgIpc) is 3.76. The van der Waals surface area contributed by atoms with Crippen LogP contribution in [0.1, 0.15) is 41.6 Å². The Bertz CT molecular complexity index is 1260. The summed E-state index contributed by atoms with van der Waals surface area (Å²) in [5, 5.41) is 3.39. The van der Waals surface area contributed by atoms with Crippen molar-refractivity contribution in [3.63, 3.8) is 0 Å². The molecule has 1 saturated heterocycles. The molecule has 0 unspecified atom stereocenters. The van der Waals surface area contributed by atoms with Gasteiger partial charge in [0.2, 0.25) is 5.88 Å². The predicted molar refractivity (Wildman–Crippen MR) is 138 cm³/mol. The number of nitrogens with one attached hydrogen (secondary N) is 1. The normalized spacial score (nSPS) is 15.2. The van der Waals surface area contributed by atoms with Crippen LogP contribution in [0.15, 0.2) is 78.5 Å². The first kappa shape index (κ1) is 23.8. The fourth-order valence-corrected chi connectivity index (χ4v) is 4.51. The number of amides is 1. The van der Waals surface area contributed by atoms with Gasteiger partial charge in [0.05, 0.1) is 12.7 Å². The van der Waals surface area contributed by atoms with Crippen molar-refractivity contribution >= 4 is 23.1 Å². The number of carbonyl (C=O) groups excluding carboxylic acids is 2. The molecular formula is C29H29N3O4. The number of piperidine rings is 1. The second-order valence-corrected chi connectivity index (χ2v) is 8.98. The van der Waals surface area contributed by atoms with Crippen LogP contribution in [0.2, 0.25) is 0 Å². The Labute approximate surface area is 210 Å². The zero-order valence-corrected chi connectivity index (χ0v) is 20.3. The van der Waals surface area contributed by atoms with E-state index in [4.69, 9.17) is 9.47 Å². The zero-order chi connectivity index (χ0) is 24.9. The maximum absolute atomic E-state index is 14.2. The zero-order valence-electron chi connectivity index (χ0n) is 20.3. The van der Waals surface area contributed by atoms with Gasteiger partial charge in [0.1, 0.15) is 5.75 Å². The minimum Gasteiger partial charge on any atom is -0.465 e. The van der Waals surface area contributed by atoms with Gasteiger partial charge in [-0.05, 0) is 74.7 Å². The van der Waals surface area contributed by atoms with Gasteiger partial charge in [0.15, 0.2) is 0 Å². The van der Waals surface area contributed by atoms with Crippen molar-refractivity contribution in [2.75, 3.05) is 25.1 Å². The largest absolute Gasteiger partial charge is 0.465 e. The SMILES string of the molecule is COC(=O)c1ccc(Oc2cccc(C(C(=O)N(c3ccccc3)C3CC3)=C3CCNCC3)c2)nc1. The monoisotopic (exact) mass is 483 g/mol. The molecule has 7 nitrogen and oxygen atoms in total. The summed E-state index contributed by atoms with van der Waals surface area (Å²) in [7, 11) is 1.33. The number of para-hydroxylation sites is 1. The van der Waals surface area contributed by atoms with Crippen LogP contribution in [0.3, 0.4) is 0 Å². The molecule has 1 saturated carbocycles. The summed E-state index contributed by atoms with van der Waals surface area (Å²) < 4.78 is 10.7. The Morgan fingerprint density at radius 1 is 0.944 bits per heavy atom. The van der Waals surface area contributed by atoms with E-state index in [1.54, 1.807) is 12.1 Å². The predicted octanol–water partition coefficient (Wildman–Crippen LogP) is 4.99. The van der Waals surface area contributed by atoms with Gasteiger partial charge in [0, 0.05) is 29.6 Å². The van der Waals surface area contributed by atoms with E-state index in [1.165, 1.54) is 13.3 Å². The molecule has 0 spiro atoms. The van der Waals surface area contributed by atoms with Crippen molar-refractivity contribution in [1.29, 1.82) is 0 Å². The van der Waals surface area contributed by atoms with Crippen LogP contribution in [-0.4, -0.2) is 43.1 Å². The van der Waals surface area contributed by atoms with Crippen LogP contribution in [0.4, 0.5) is 5.69 Å². The van der Waals surface area contributed by atoms with E-state index in [0.29, 0.717) is 17.2 Å². The Morgan fingerprint density at radius 2 is 1.72 bits per heavy atom. The number of hydrogen-bond donors (Lipinski definition) is 1. The molecule has 1 aromatic heterocycles. The van der Waals surface area contributed by atoms with Crippen LogP contribution < -0.4 is 15.0 Å². The lowest BCUT2D eigenvalue weighted by Crippen LogP contribution is -2.35. The van der Waals surface area contributed by atoms with E-state index < -0.39 is 5.97 Å². The topological polar surface area (TPSA) is 80.8 Å². The molecule has 184 valence electrons. The molecule has 0 radical (unpaired) electrons. The summed E-state index contributed by atoms with van der Waals surface area (Å²) >= 11 is 0. The number of hydrogen-bond acceptors (Lipinski definition) is 6. The molecule has 1 aliphatic heterocycles. The maximum Gasteiger partial charge on any atom is 0.339 e. The van der Waals surface area contributed by atoms with E-state index >= 15 is 0 Å². The van der Waals surface area contributed by atoms with Crippen molar-refractivity contribution < 1.29 is 19.1 Å². The molecule has 1 aliphatic carbocycles. The van der Waals surface area contributed by atoms with Gasteiger partial charge in [-0.25, -0.2) is 9.78 Å². The Hall–Kier alpha value is -3.97. The summed E-state index contributed by atoms with van der Waals surface area (Å²) in [4.78, 5) is 32.0. The molecule has 36 heavy (non-hydrogen) atoms. The van der Waals surface area contributed by atoms with Gasteiger partial charge < -0.3 is 19.7 Å². The summed E-state index contributed by atoms with van der Waals surface area (Å²) in [5.74, 6) is 0.513. The minimum atomic E-state index is -0.452. The second kappa shape index (κ2) is 10.7. The Morgan fingerprint density at radius 3 is 2.39 bits per heavy atom. The molecule has 3 aromatic rings. The lowest BCUT2D eigenvalue weighted by atomic mass is 9.92. The van der Waals surface area contributed by atoms with E-state index in [2.05, 4.69) is 10.3 Å². The first-order chi connectivity index (χ1) is 17.6. The molecule has 5 rings (SSSR count). The Balaban J connectivity index is 1.47. The van der Waals surface area contributed by atoms with Crippen molar-refractivity contribution in [2.45, 2.75) is 31.7 Å². The molecule has 2 aliphatic rings. The lowest BCUT2D eigenvalue weighted by Gasteiger charge is -2.27. The fourth-order valence-electron chi connectivity index (χ4n) is 4.51. The lowest BCUT2D eigenvalue weighted by molar-refractivity contribution is -0.113. The minimum absolute atomic E-state index is 0.0401. The molecule has 0 bridgehead atoms. The quantitative estimate of drug-likeness (QED) is 0.377. The van der Waals surface area contributed by atoms with E-state index in [1.807, 2.05) is 59.5 Å². The molecule has 0 atom stereocenters. The highest BCUT2D eigenvalue weighted by molar-refractivity contribution is 6.27. The highest BCUT2D eigenvalue weighted by Gasteiger charge is 2.36. The number of carbonyl (C=O) groups is 2. The van der Waals surface area contributed by atoms with Crippen LogP contribution in [0.5, 0.6) is 11.6 Å². The molecule has 7 heteroatoms. The van der Waals surface area contributed by atoms with Gasteiger partial charge in [-0.15, -0.1) is 0 Å². The Kier molecular flexibility index (Phi) is 7.09. The van der Waals surface area contributed by atoms with Gasteiger partial charge in [0.25, 0.3) is 5.91 Å². The number of methoxy groups -OCH3 is 1. The number of nitrogens with zero attached hydrogens (tertiary/aromatic N) is 2. The first-order valence-corrected chi connectivity index (χ1v) is 12.3. The van der Waals surface area contributed by atoms with Crippen molar-refractivity contribution in [1.82, 2.24) is 10.3 Å². The number of pyridine rings is 1. The van der Waals surface area contributed by atoms with Gasteiger partial charge in [-0.2, -0.15) is 0 Å². The van der Waals surface area contributed by atoms with E-state index in [9.17, 15) is 9.59 Å². The molecule has 2 fully saturated rings. The molecule has 1 N–H and O–H groups in total. The van der Waals surface area contributed by atoms with E-state index in [-0.39, 0.29) is 11.9 Å². The van der Waals surface area contributed by atoms with Gasteiger partial charge >= 0.3 is 5.97 Å². The first-order valence-electron chi connectivity index (χ1n) is 12.3. The summed E-state index contributed by atoms with van der Waals surface area (Å²) in [6.45, 7) is 1.71.